The first-order valence-corrected chi connectivity index (χ1v) is 9.75. The molecule has 2 aromatic heterocycles. The minimum absolute atomic E-state index is 0.134. The third-order valence-electron chi connectivity index (χ3n) is 4.72. The summed E-state index contributed by atoms with van der Waals surface area (Å²) in [5, 5.41) is 10.9. The molecule has 0 unspecified atom stereocenters. The smallest absolute Gasteiger partial charge is 0.256 e. The summed E-state index contributed by atoms with van der Waals surface area (Å²) in [6.07, 6.45) is 1.70. The summed E-state index contributed by atoms with van der Waals surface area (Å²) in [5.41, 5.74) is 4.27. The van der Waals surface area contributed by atoms with Gasteiger partial charge in [0, 0.05) is 30.0 Å². The minimum Gasteiger partial charge on any atom is -0.326 e. The maximum absolute atomic E-state index is 13.2. The lowest BCUT2D eigenvalue weighted by atomic mass is 10.0. The molecule has 0 radical (unpaired) electrons. The molecular weight excluding hydrogens is 366 g/mol. The molecule has 7 nitrogen and oxygen atoms in total. The van der Waals surface area contributed by atoms with Gasteiger partial charge in [0.15, 0.2) is 5.65 Å². The Bertz CT molecular complexity index is 1080. The Kier molecular flexibility index (Phi) is 5.68. The molecule has 0 spiro atoms. The zero-order valence-electron chi connectivity index (χ0n) is 17.7. The monoisotopic (exact) mass is 393 g/mol. The highest BCUT2D eigenvalue weighted by Gasteiger charge is 2.19. The van der Waals surface area contributed by atoms with Gasteiger partial charge in [-0.2, -0.15) is 5.10 Å². The number of nitrogens with zero attached hydrogens (tertiary/aromatic N) is 3. The molecule has 7 heteroatoms. The van der Waals surface area contributed by atoms with Gasteiger partial charge in [-0.25, -0.2) is 9.67 Å². The van der Waals surface area contributed by atoms with Crippen LogP contribution in [0.1, 0.15) is 68.2 Å². The first-order chi connectivity index (χ1) is 13.7. The van der Waals surface area contributed by atoms with Gasteiger partial charge in [-0.1, -0.05) is 19.9 Å². The standard InChI is InChI=1S/C22H27N5O2/c1-12(2)19-10-17(18-11-23-27(13(3)4)21(18)25-19)22(29)26-20-9-16(24-15(6)28)8-7-14(20)5/h7-13H,1-6H3,(H,24,28)(H,26,29). The summed E-state index contributed by atoms with van der Waals surface area (Å²) in [7, 11) is 0. The molecule has 2 amide bonds. The average molecular weight is 393 g/mol. The van der Waals surface area contributed by atoms with E-state index in [0.717, 1.165) is 16.6 Å². The van der Waals surface area contributed by atoms with Crippen LogP contribution in [-0.2, 0) is 4.79 Å². The molecule has 29 heavy (non-hydrogen) atoms. The largest absolute Gasteiger partial charge is 0.326 e. The lowest BCUT2D eigenvalue weighted by molar-refractivity contribution is -0.114. The second-order valence-corrected chi connectivity index (χ2v) is 7.83. The Hall–Kier alpha value is -3.22. The predicted molar refractivity (Wildman–Crippen MR) is 115 cm³/mol. The fourth-order valence-electron chi connectivity index (χ4n) is 3.13. The van der Waals surface area contributed by atoms with Gasteiger partial charge in [-0.3, -0.25) is 9.59 Å². The van der Waals surface area contributed by atoms with Gasteiger partial charge in [0.2, 0.25) is 5.91 Å². The molecule has 0 aliphatic carbocycles. The second-order valence-electron chi connectivity index (χ2n) is 7.83. The number of benzene rings is 1. The maximum Gasteiger partial charge on any atom is 0.256 e. The summed E-state index contributed by atoms with van der Waals surface area (Å²) in [4.78, 5) is 29.3. The molecule has 152 valence electrons. The third kappa shape index (κ3) is 4.29. The van der Waals surface area contributed by atoms with Crippen LogP contribution < -0.4 is 10.6 Å². The summed E-state index contributed by atoms with van der Waals surface area (Å²) in [5.74, 6) is -0.221. The lowest BCUT2D eigenvalue weighted by Gasteiger charge is -2.14. The van der Waals surface area contributed by atoms with E-state index < -0.39 is 0 Å². The van der Waals surface area contributed by atoms with Gasteiger partial charge >= 0.3 is 0 Å². The van der Waals surface area contributed by atoms with Crippen molar-refractivity contribution in [3.63, 3.8) is 0 Å². The number of pyridine rings is 1. The third-order valence-corrected chi connectivity index (χ3v) is 4.72. The second kappa shape index (κ2) is 8.03. The van der Waals surface area contributed by atoms with Crippen molar-refractivity contribution in [2.75, 3.05) is 10.6 Å². The van der Waals surface area contributed by atoms with Crippen molar-refractivity contribution < 1.29 is 9.59 Å². The van der Waals surface area contributed by atoms with Gasteiger partial charge in [0.25, 0.3) is 5.91 Å². The quantitative estimate of drug-likeness (QED) is 0.660. The number of hydrogen-bond acceptors (Lipinski definition) is 4. The number of nitrogens with one attached hydrogen (secondary N) is 2. The summed E-state index contributed by atoms with van der Waals surface area (Å²) in [6, 6.07) is 7.39. The highest BCUT2D eigenvalue weighted by molar-refractivity contribution is 6.12. The average Bonchev–Trinajstić information content (AvgIpc) is 3.07. The number of carbonyl (C=O) groups is 2. The van der Waals surface area contributed by atoms with Crippen LogP contribution in [0.4, 0.5) is 11.4 Å². The van der Waals surface area contributed by atoms with Crippen LogP contribution in [-0.4, -0.2) is 26.6 Å². The molecule has 2 heterocycles. The molecule has 1 aromatic carbocycles. The Balaban J connectivity index is 2.04. The molecule has 0 saturated carbocycles. The molecule has 2 N–H and O–H groups in total. The Morgan fingerprint density at radius 1 is 1.07 bits per heavy atom. The van der Waals surface area contributed by atoms with E-state index in [0.29, 0.717) is 22.6 Å². The van der Waals surface area contributed by atoms with E-state index in [4.69, 9.17) is 4.98 Å². The molecule has 0 aliphatic rings. The summed E-state index contributed by atoms with van der Waals surface area (Å²) in [6.45, 7) is 11.5. The van der Waals surface area contributed by atoms with E-state index in [1.165, 1.54) is 6.92 Å². The van der Waals surface area contributed by atoms with Crippen LogP contribution in [0.25, 0.3) is 11.0 Å². The van der Waals surface area contributed by atoms with Crippen LogP contribution in [0.3, 0.4) is 0 Å². The number of fused-ring (bicyclic) bond motifs is 1. The number of hydrogen-bond donors (Lipinski definition) is 2. The zero-order valence-corrected chi connectivity index (χ0v) is 17.7. The topological polar surface area (TPSA) is 88.9 Å². The lowest BCUT2D eigenvalue weighted by Crippen LogP contribution is -2.15. The number of amides is 2. The highest BCUT2D eigenvalue weighted by Crippen LogP contribution is 2.26. The molecule has 0 saturated heterocycles. The van der Waals surface area contributed by atoms with E-state index in [1.807, 2.05) is 51.4 Å². The van der Waals surface area contributed by atoms with Gasteiger partial charge in [0.1, 0.15) is 0 Å². The highest BCUT2D eigenvalue weighted by atomic mass is 16.2. The van der Waals surface area contributed by atoms with Crippen molar-refractivity contribution in [1.82, 2.24) is 14.8 Å². The first kappa shape index (κ1) is 20.5. The fourth-order valence-corrected chi connectivity index (χ4v) is 3.13. The van der Waals surface area contributed by atoms with Crippen molar-refractivity contribution in [2.24, 2.45) is 0 Å². The molecule has 0 bridgehead atoms. The molecule has 3 aromatic rings. The van der Waals surface area contributed by atoms with Crippen molar-refractivity contribution >= 4 is 34.2 Å². The number of aryl methyl sites for hydroxylation is 1. The zero-order chi connectivity index (χ0) is 21.3. The van der Waals surface area contributed by atoms with E-state index in [2.05, 4.69) is 15.7 Å². The Morgan fingerprint density at radius 3 is 2.41 bits per heavy atom. The Labute approximate surface area is 170 Å². The van der Waals surface area contributed by atoms with Gasteiger partial charge < -0.3 is 10.6 Å². The Morgan fingerprint density at radius 2 is 1.79 bits per heavy atom. The van der Waals surface area contributed by atoms with E-state index in [-0.39, 0.29) is 23.8 Å². The van der Waals surface area contributed by atoms with Crippen molar-refractivity contribution in [3.05, 3.63) is 47.3 Å². The molecule has 0 atom stereocenters. The van der Waals surface area contributed by atoms with Crippen molar-refractivity contribution in [1.29, 1.82) is 0 Å². The SMILES string of the molecule is CC(=O)Nc1ccc(C)c(NC(=O)c2cc(C(C)C)nc3c2cnn3C(C)C)c1. The minimum atomic E-state index is -0.231. The van der Waals surface area contributed by atoms with E-state index in [9.17, 15) is 9.59 Å². The molecule has 3 rings (SSSR count). The van der Waals surface area contributed by atoms with Crippen LogP contribution in [0.5, 0.6) is 0 Å². The van der Waals surface area contributed by atoms with Crippen LogP contribution in [0.2, 0.25) is 0 Å². The van der Waals surface area contributed by atoms with Gasteiger partial charge in [-0.15, -0.1) is 0 Å². The number of anilines is 2. The fraction of sp³-hybridized carbons (Fsp3) is 0.364. The number of carbonyl (C=O) groups excluding carboxylic acids is 2. The van der Waals surface area contributed by atoms with Crippen LogP contribution in [0, 0.1) is 6.92 Å². The number of aromatic nitrogens is 3. The van der Waals surface area contributed by atoms with E-state index >= 15 is 0 Å². The summed E-state index contributed by atoms with van der Waals surface area (Å²) >= 11 is 0. The van der Waals surface area contributed by atoms with Gasteiger partial charge in [0.05, 0.1) is 17.1 Å². The predicted octanol–water partition coefficient (Wildman–Crippen LogP) is 4.65. The molecular formula is C22H27N5O2. The normalized spacial score (nSPS) is 11.3. The molecule has 0 fully saturated rings. The first-order valence-electron chi connectivity index (χ1n) is 9.75. The van der Waals surface area contributed by atoms with E-state index in [1.54, 1.807) is 18.3 Å². The maximum atomic E-state index is 13.2. The van der Waals surface area contributed by atoms with Crippen molar-refractivity contribution in [2.45, 2.75) is 53.5 Å². The van der Waals surface area contributed by atoms with Gasteiger partial charge in [-0.05, 0) is 50.5 Å². The van der Waals surface area contributed by atoms with Crippen molar-refractivity contribution in [3.8, 4) is 0 Å². The number of rotatable bonds is 5. The van der Waals surface area contributed by atoms with Crippen LogP contribution >= 0.6 is 0 Å². The summed E-state index contributed by atoms with van der Waals surface area (Å²) < 4.78 is 1.83. The van der Waals surface area contributed by atoms with Crippen LogP contribution in [0.15, 0.2) is 30.5 Å². The molecule has 0 aliphatic heterocycles.